The van der Waals surface area contributed by atoms with Crippen molar-refractivity contribution in [2.75, 3.05) is 44.6 Å². The first kappa shape index (κ1) is 21.6. The van der Waals surface area contributed by atoms with Crippen LogP contribution in [0.15, 0.2) is 30.9 Å². The molecule has 0 atom stereocenters. The number of alkyl halides is 3. The lowest BCUT2D eigenvalue weighted by Gasteiger charge is -2.34. The fourth-order valence-electron chi connectivity index (χ4n) is 3.11. The summed E-state index contributed by atoms with van der Waals surface area (Å²) in [4.78, 5) is 31.6. The Morgan fingerprint density at radius 3 is 2.50 bits per heavy atom. The topological polar surface area (TPSA) is 95.4 Å². The number of anilines is 1. The summed E-state index contributed by atoms with van der Waals surface area (Å²) in [5.74, 6) is -0.456. The molecule has 0 aliphatic carbocycles. The molecule has 2 aromatic rings. The van der Waals surface area contributed by atoms with Crippen molar-refractivity contribution in [2.24, 2.45) is 0 Å². The highest BCUT2D eigenvalue weighted by Gasteiger charge is 2.31. The molecule has 3 rings (SSSR count). The zero-order valence-electron chi connectivity index (χ0n) is 16.3. The van der Waals surface area contributed by atoms with Gasteiger partial charge in [-0.15, -0.1) is 0 Å². The van der Waals surface area contributed by atoms with Crippen LogP contribution in [0.4, 0.5) is 23.7 Å². The maximum atomic E-state index is 13.1. The number of benzene rings is 1. The molecule has 0 radical (unpaired) electrons. The second kappa shape index (κ2) is 9.11. The van der Waals surface area contributed by atoms with E-state index in [4.69, 9.17) is 0 Å². The van der Waals surface area contributed by atoms with Gasteiger partial charge in [0.2, 0.25) is 5.91 Å². The van der Waals surface area contributed by atoms with E-state index < -0.39 is 17.6 Å². The highest BCUT2D eigenvalue weighted by atomic mass is 19.4. The highest BCUT2D eigenvalue weighted by molar-refractivity contribution is 5.94. The minimum absolute atomic E-state index is 0.00369. The van der Waals surface area contributed by atoms with Crippen molar-refractivity contribution in [3.05, 3.63) is 36.4 Å². The van der Waals surface area contributed by atoms with Crippen LogP contribution < -0.4 is 10.6 Å². The van der Waals surface area contributed by atoms with Crippen molar-refractivity contribution in [1.82, 2.24) is 29.9 Å². The first-order valence-corrected chi connectivity index (χ1v) is 9.39. The van der Waals surface area contributed by atoms with E-state index in [0.29, 0.717) is 32.7 Å². The van der Waals surface area contributed by atoms with Gasteiger partial charge in [-0.3, -0.25) is 9.69 Å². The third kappa shape index (κ3) is 5.26. The van der Waals surface area contributed by atoms with Gasteiger partial charge in [-0.1, -0.05) is 0 Å². The van der Waals surface area contributed by atoms with Crippen LogP contribution in [-0.2, 0) is 11.0 Å². The Bertz CT molecular complexity index is 878. The van der Waals surface area contributed by atoms with Gasteiger partial charge in [0.15, 0.2) is 0 Å². The van der Waals surface area contributed by atoms with Gasteiger partial charge in [0.25, 0.3) is 0 Å². The monoisotopic (exact) mass is 425 g/mol. The normalized spacial score (nSPS) is 15.1. The molecular weight excluding hydrogens is 403 g/mol. The molecule has 30 heavy (non-hydrogen) atoms. The number of nitrogens with one attached hydrogen (secondary N) is 2. The first-order chi connectivity index (χ1) is 14.3. The summed E-state index contributed by atoms with van der Waals surface area (Å²) in [6.07, 6.45) is -1.97. The fraction of sp³-hybridized carbons (Fsp3) is 0.444. The van der Waals surface area contributed by atoms with Crippen LogP contribution in [0.2, 0.25) is 0 Å². The Hall–Kier alpha value is -3.15. The lowest BCUT2D eigenvalue weighted by atomic mass is 10.1. The summed E-state index contributed by atoms with van der Waals surface area (Å²) in [5, 5.41) is 9.20. The smallest absolute Gasteiger partial charge is 0.338 e. The number of aromatic nitrogens is 3. The van der Waals surface area contributed by atoms with Crippen molar-refractivity contribution in [3.63, 3.8) is 0 Å². The van der Waals surface area contributed by atoms with E-state index in [1.54, 1.807) is 4.90 Å². The van der Waals surface area contributed by atoms with Crippen LogP contribution in [0.3, 0.4) is 0 Å². The van der Waals surface area contributed by atoms with Gasteiger partial charge in [0, 0.05) is 32.7 Å². The van der Waals surface area contributed by atoms with Crippen molar-refractivity contribution in [3.8, 4) is 5.69 Å². The fourth-order valence-corrected chi connectivity index (χ4v) is 3.11. The molecule has 1 saturated heterocycles. The number of piperazine rings is 1. The van der Waals surface area contributed by atoms with Crippen LogP contribution in [-0.4, -0.2) is 75.8 Å². The molecule has 1 aliphatic rings. The number of halogens is 3. The molecular formula is C18H22F3N7O2. The van der Waals surface area contributed by atoms with Crippen molar-refractivity contribution in [2.45, 2.75) is 13.1 Å². The largest absolute Gasteiger partial charge is 0.416 e. The average molecular weight is 425 g/mol. The molecule has 1 aliphatic heterocycles. The molecule has 2 heterocycles. The summed E-state index contributed by atoms with van der Waals surface area (Å²) < 4.78 is 40.6. The number of urea groups is 1. The number of amides is 3. The van der Waals surface area contributed by atoms with Crippen LogP contribution in [0.1, 0.15) is 12.5 Å². The van der Waals surface area contributed by atoms with Gasteiger partial charge in [0.05, 0.1) is 23.5 Å². The Morgan fingerprint density at radius 1 is 1.17 bits per heavy atom. The van der Waals surface area contributed by atoms with Crippen molar-refractivity contribution >= 4 is 17.6 Å². The average Bonchev–Trinajstić information content (AvgIpc) is 3.22. The summed E-state index contributed by atoms with van der Waals surface area (Å²) in [6, 6.07) is 2.89. The number of hydrogen-bond acceptors (Lipinski definition) is 5. The standard InChI is InChI=1S/C18H22F3N7O2/c1-2-23-17(30)27-7-5-26(6-8-27)10-16(29)25-14-9-13(18(19,20)21)3-4-15(14)28-12-22-11-24-28/h3-4,9,11-12H,2,5-8,10H2,1H3,(H,23,30)(H,25,29). The van der Waals surface area contributed by atoms with Gasteiger partial charge in [-0.25, -0.2) is 14.5 Å². The molecule has 0 bridgehead atoms. The lowest BCUT2D eigenvalue weighted by molar-refractivity contribution is -0.137. The Labute approximate surface area is 170 Å². The van der Waals surface area contributed by atoms with Gasteiger partial charge in [0.1, 0.15) is 12.7 Å². The van der Waals surface area contributed by atoms with Crippen LogP contribution >= 0.6 is 0 Å². The summed E-state index contributed by atoms with van der Waals surface area (Å²) in [7, 11) is 0. The maximum Gasteiger partial charge on any atom is 0.416 e. The molecule has 2 N–H and O–H groups in total. The third-order valence-electron chi connectivity index (χ3n) is 4.62. The number of carbonyl (C=O) groups is 2. The van der Waals surface area contributed by atoms with E-state index in [2.05, 4.69) is 20.7 Å². The van der Waals surface area contributed by atoms with E-state index in [1.807, 2.05) is 11.8 Å². The van der Waals surface area contributed by atoms with Crippen molar-refractivity contribution in [1.29, 1.82) is 0 Å². The predicted molar refractivity (Wildman–Crippen MR) is 102 cm³/mol. The molecule has 3 amide bonds. The zero-order chi connectivity index (χ0) is 21.7. The van der Waals surface area contributed by atoms with Gasteiger partial charge < -0.3 is 15.5 Å². The molecule has 0 saturated carbocycles. The Kier molecular flexibility index (Phi) is 6.55. The first-order valence-electron chi connectivity index (χ1n) is 9.39. The van der Waals surface area contributed by atoms with E-state index in [0.717, 1.165) is 12.1 Å². The predicted octanol–water partition coefficient (Wildman–Crippen LogP) is 1.57. The SMILES string of the molecule is CCNC(=O)N1CCN(CC(=O)Nc2cc(C(F)(F)F)ccc2-n2cncn2)CC1. The Morgan fingerprint density at radius 2 is 1.90 bits per heavy atom. The van der Waals surface area contributed by atoms with Gasteiger partial charge in [-0.05, 0) is 25.1 Å². The minimum Gasteiger partial charge on any atom is -0.338 e. The molecule has 12 heteroatoms. The van der Waals surface area contributed by atoms with Crippen LogP contribution in [0.25, 0.3) is 5.69 Å². The number of nitrogens with zero attached hydrogens (tertiary/aromatic N) is 5. The highest BCUT2D eigenvalue weighted by Crippen LogP contribution is 2.33. The number of hydrogen-bond donors (Lipinski definition) is 2. The molecule has 0 unspecified atom stereocenters. The second-order valence-corrected chi connectivity index (χ2v) is 6.72. The number of carbonyl (C=O) groups excluding carboxylic acids is 2. The summed E-state index contributed by atoms with van der Waals surface area (Å²) >= 11 is 0. The summed E-state index contributed by atoms with van der Waals surface area (Å²) in [6.45, 7) is 4.27. The van der Waals surface area contributed by atoms with Crippen molar-refractivity contribution < 1.29 is 22.8 Å². The van der Waals surface area contributed by atoms with Gasteiger partial charge in [-0.2, -0.15) is 18.3 Å². The zero-order valence-corrected chi connectivity index (χ0v) is 16.3. The quantitative estimate of drug-likeness (QED) is 0.758. The van der Waals surface area contributed by atoms with E-state index >= 15 is 0 Å². The number of rotatable bonds is 5. The van der Waals surface area contributed by atoms with E-state index in [1.165, 1.54) is 23.4 Å². The second-order valence-electron chi connectivity index (χ2n) is 6.72. The molecule has 162 valence electrons. The molecule has 9 nitrogen and oxygen atoms in total. The molecule has 0 spiro atoms. The minimum atomic E-state index is -4.55. The lowest BCUT2D eigenvalue weighted by Crippen LogP contribution is -2.53. The molecule has 1 aromatic carbocycles. The van der Waals surface area contributed by atoms with Crippen LogP contribution in [0, 0.1) is 0 Å². The Balaban J connectivity index is 1.67. The third-order valence-corrected chi connectivity index (χ3v) is 4.62. The molecule has 1 aromatic heterocycles. The molecule has 1 fully saturated rings. The van der Waals surface area contributed by atoms with E-state index in [9.17, 15) is 22.8 Å². The maximum absolute atomic E-state index is 13.1. The summed E-state index contributed by atoms with van der Waals surface area (Å²) in [5.41, 5.74) is -0.617. The van der Waals surface area contributed by atoms with E-state index in [-0.39, 0.29) is 24.0 Å². The van der Waals surface area contributed by atoms with Gasteiger partial charge >= 0.3 is 12.2 Å². The van der Waals surface area contributed by atoms with Crippen LogP contribution in [0.5, 0.6) is 0 Å².